The minimum Gasteiger partial charge on any atom is -0.384 e. The lowest BCUT2D eigenvalue weighted by atomic mass is 10.1. The van der Waals surface area contributed by atoms with Crippen LogP contribution in [0, 0.1) is 0 Å². The van der Waals surface area contributed by atoms with Crippen LogP contribution in [-0.4, -0.2) is 42.6 Å². The molecular formula is C16H24N2O2. The average molecular weight is 276 g/mol. The standard InChI is InChI=1S/C16H24N2O2/c1-4-9-17-15-8-6-5-7-14(15)16(19)18-10-12(2)20-13(3)11-18/h5-8,12-13,17H,4,9-11H2,1-3H3. The van der Waals surface area contributed by atoms with Gasteiger partial charge in [0.25, 0.3) is 5.91 Å². The SMILES string of the molecule is CCCNc1ccccc1C(=O)N1CC(C)OC(C)C1. The number of anilines is 1. The lowest BCUT2D eigenvalue weighted by Crippen LogP contribution is -2.48. The summed E-state index contributed by atoms with van der Waals surface area (Å²) < 4.78 is 5.69. The second kappa shape index (κ2) is 6.75. The summed E-state index contributed by atoms with van der Waals surface area (Å²) >= 11 is 0. The number of hydrogen-bond donors (Lipinski definition) is 1. The van der Waals surface area contributed by atoms with Gasteiger partial charge in [0.15, 0.2) is 0 Å². The van der Waals surface area contributed by atoms with Crippen LogP contribution in [0.25, 0.3) is 0 Å². The molecule has 4 nitrogen and oxygen atoms in total. The fourth-order valence-electron chi connectivity index (χ4n) is 2.60. The highest BCUT2D eigenvalue weighted by molar-refractivity contribution is 5.99. The van der Waals surface area contributed by atoms with Crippen LogP contribution in [0.1, 0.15) is 37.6 Å². The highest BCUT2D eigenvalue weighted by Gasteiger charge is 2.27. The molecule has 110 valence electrons. The Bertz CT molecular complexity index is 452. The Morgan fingerprint density at radius 1 is 1.30 bits per heavy atom. The van der Waals surface area contributed by atoms with Gasteiger partial charge in [-0.25, -0.2) is 0 Å². The number of hydrogen-bond acceptors (Lipinski definition) is 3. The van der Waals surface area contributed by atoms with Crippen molar-refractivity contribution in [2.24, 2.45) is 0 Å². The fourth-order valence-corrected chi connectivity index (χ4v) is 2.60. The van der Waals surface area contributed by atoms with Gasteiger partial charge in [-0.2, -0.15) is 0 Å². The second-order valence-corrected chi connectivity index (χ2v) is 5.44. The quantitative estimate of drug-likeness (QED) is 0.919. The Hall–Kier alpha value is -1.55. The average Bonchev–Trinajstić information content (AvgIpc) is 2.43. The van der Waals surface area contributed by atoms with Crippen molar-refractivity contribution in [3.05, 3.63) is 29.8 Å². The predicted molar refractivity (Wildman–Crippen MR) is 81.1 cm³/mol. The van der Waals surface area contributed by atoms with Crippen molar-refractivity contribution >= 4 is 11.6 Å². The number of carbonyl (C=O) groups excluding carboxylic acids is 1. The lowest BCUT2D eigenvalue weighted by Gasteiger charge is -2.35. The van der Waals surface area contributed by atoms with Gasteiger partial charge in [-0.3, -0.25) is 4.79 Å². The molecule has 1 aliphatic heterocycles. The van der Waals surface area contributed by atoms with Crippen LogP contribution in [0.3, 0.4) is 0 Å². The van der Waals surface area contributed by atoms with Gasteiger partial charge in [-0.15, -0.1) is 0 Å². The first-order valence-corrected chi connectivity index (χ1v) is 7.39. The first-order chi connectivity index (χ1) is 9.61. The third-order valence-corrected chi connectivity index (χ3v) is 3.43. The molecule has 1 amide bonds. The lowest BCUT2D eigenvalue weighted by molar-refractivity contribution is -0.0585. The summed E-state index contributed by atoms with van der Waals surface area (Å²) in [5, 5.41) is 3.33. The zero-order chi connectivity index (χ0) is 14.5. The zero-order valence-corrected chi connectivity index (χ0v) is 12.6. The number of morpholine rings is 1. The van der Waals surface area contributed by atoms with Gasteiger partial charge >= 0.3 is 0 Å². The van der Waals surface area contributed by atoms with Crippen LogP contribution >= 0.6 is 0 Å². The molecular weight excluding hydrogens is 252 g/mol. The molecule has 0 aliphatic carbocycles. The maximum absolute atomic E-state index is 12.7. The molecule has 1 aliphatic rings. The van der Waals surface area contributed by atoms with E-state index < -0.39 is 0 Å². The van der Waals surface area contributed by atoms with Crippen molar-refractivity contribution in [3.63, 3.8) is 0 Å². The van der Waals surface area contributed by atoms with Crippen molar-refractivity contribution in [3.8, 4) is 0 Å². The summed E-state index contributed by atoms with van der Waals surface area (Å²) in [6, 6.07) is 7.73. The molecule has 2 atom stereocenters. The minimum atomic E-state index is 0.0891. The second-order valence-electron chi connectivity index (χ2n) is 5.44. The third kappa shape index (κ3) is 3.51. The molecule has 2 rings (SSSR count). The molecule has 1 saturated heterocycles. The van der Waals surface area contributed by atoms with Crippen LogP contribution in [0.2, 0.25) is 0 Å². The number of carbonyl (C=O) groups is 1. The molecule has 4 heteroatoms. The van der Waals surface area contributed by atoms with E-state index in [4.69, 9.17) is 4.74 Å². The Kier molecular flexibility index (Phi) is 5.01. The van der Waals surface area contributed by atoms with E-state index in [2.05, 4.69) is 12.2 Å². The highest BCUT2D eigenvalue weighted by Crippen LogP contribution is 2.20. The molecule has 0 saturated carbocycles. The van der Waals surface area contributed by atoms with E-state index in [0.29, 0.717) is 13.1 Å². The van der Waals surface area contributed by atoms with E-state index in [1.54, 1.807) is 0 Å². The van der Waals surface area contributed by atoms with Crippen LogP contribution in [0.5, 0.6) is 0 Å². The number of para-hydroxylation sites is 1. The molecule has 1 fully saturated rings. The smallest absolute Gasteiger partial charge is 0.256 e. The van der Waals surface area contributed by atoms with E-state index in [9.17, 15) is 4.79 Å². The third-order valence-electron chi connectivity index (χ3n) is 3.43. The molecule has 0 bridgehead atoms. The van der Waals surface area contributed by atoms with Gasteiger partial charge in [0, 0.05) is 25.3 Å². The number of benzene rings is 1. The number of amides is 1. The Morgan fingerprint density at radius 2 is 1.95 bits per heavy atom. The van der Waals surface area contributed by atoms with Crippen LogP contribution < -0.4 is 5.32 Å². The summed E-state index contributed by atoms with van der Waals surface area (Å²) in [5.41, 5.74) is 1.67. The summed E-state index contributed by atoms with van der Waals surface area (Å²) in [6.45, 7) is 8.33. The molecule has 1 N–H and O–H groups in total. The monoisotopic (exact) mass is 276 g/mol. The number of rotatable bonds is 4. The van der Waals surface area contributed by atoms with Gasteiger partial charge in [-0.05, 0) is 32.4 Å². The van der Waals surface area contributed by atoms with Crippen molar-refractivity contribution in [1.29, 1.82) is 0 Å². The normalized spacial score (nSPS) is 22.6. The topological polar surface area (TPSA) is 41.6 Å². The van der Waals surface area contributed by atoms with Gasteiger partial charge in [0.05, 0.1) is 17.8 Å². The summed E-state index contributed by atoms with van der Waals surface area (Å²) in [6.07, 6.45) is 1.23. The predicted octanol–water partition coefficient (Wildman–Crippen LogP) is 2.76. The van der Waals surface area contributed by atoms with Crippen molar-refractivity contribution in [1.82, 2.24) is 4.90 Å². The van der Waals surface area contributed by atoms with Crippen LogP contribution in [-0.2, 0) is 4.74 Å². The number of ether oxygens (including phenoxy) is 1. The number of nitrogens with zero attached hydrogens (tertiary/aromatic N) is 1. The van der Waals surface area contributed by atoms with Gasteiger partial charge in [0.2, 0.25) is 0 Å². The van der Waals surface area contributed by atoms with Crippen LogP contribution in [0.15, 0.2) is 24.3 Å². The maximum Gasteiger partial charge on any atom is 0.256 e. The molecule has 1 heterocycles. The summed E-state index contributed by atoms with van der Waals surface area (Å²) in [4.78, 5) is 14.6. The highest BCUT2D eigenvalue weighted by atomic mass is 16.5. The van der Waals surface area contributed by atoms with Crippen molar-refractivity contribution < 1.29 is 9.53 Å². The zero-order valence-electron chi connectivity index (χ0n) is 12.6. The largest absolute Gasteiger partial charge is 0.384 e. The maximum atomic E-state index is 12.7. The fraction of sp³-hybridized carbons (Fsp3) is 0.562. The summed E-state index contributed by atoms with van der Waals surface area (Å²) in [7, 11) is 0. The van der Waals surface area contributed by atoms with Gasteiger partial charge in [-0.1, -0.05) is 19.1 Å². The van der Waals surface area contributed by atoms with E-state index in [-0.39, 0.29) is 18.1 Å². The van der Waals surface area contributed by atoms with E-state index in [0.717, 1.165) is 24.2 Å². The molecule has 2 unspecified atom stereocenters. The molecule has 1 aromatic carbocycles. The van der Waals surface area contributed by atoms with Gasteiger partial charge < -0.3 is 15.0 Å². The Labute approximate surface area is 121 Å². The molecule has 0 radical (unpaired) electrons. The Morgan fingerprint density at radius 3 is 2.60 bits per heavy atom. The van der Waals surface area contributed by atoms with E-state index in [1.807, 2.05) is 43.0 Å². The van der Waals surface area contributed by atoms with Crippen molar-refractivity contribution in [2.45, 2.75) is 39.4 Å². The molecule has 1 aromatic rings. The van der Waals surface area contributed by atoms with E-state index in [1.165, 1.54) is 0 Å². The van der Waals surface area contributed by atoms with Gasteiger partial charge in [0.1, 0.15) is 0 Å². The molecule has 0 spiro atoms. The Balaban J connectivity index is 2.15. The van der Waals surface area contributed by atoms with E-state index >= 15 is 0 Å². The minimum absolute atomic E-state index is 0.0891. The molecule has 0 aromatic heterocycles. The first-order valence-electron chi connectivity index (χ1n) is 7.39. The molecule has 20 heavy (non-hydrogen) atoms. The summed E-state index contributed by atoms with van der Waals surface area (Å²) in [5.74, 6) is 0.0891. The van der Waals surface area contributed by atoms with Crippen LogP contribution in [0.4, 0.5) is 5.69 Å². The van der Waals surface area contributed by atoms with Crippen molar-refractivity contribution in [2.75, 3.05) is 25.0 Å². The number of nitrogens with one attached hydrogen (secondary N) is 1. The first kappa shape index (κ1) is 14.9.